The maximum absolute atomic E-state index is 2.31. The van der Waals surface area contributed by atoms with E-state index in [9.17, 15) is 0 Å². The summed E-state index contributed by atoms with van der Waals surface area (Å²) < 4.78 is 2.28. The Balaban J connectivity index is 0.000000810. The van der Waals surface area contributed by atoms with Crippen LogP contribution in [0.1, 0.15) is 13.8 Å². The van der Waals surface area contributed by atoms with Crippen LogP contribution in [-0.4, -0.2) is 47.5 Å². The molecule has 0 saturated carbocycles. The van der Waals surface area contributed by atoms with Crippen LogP contribution in [0, 0.1) is 0 Å². The summed E-state index contributed by atoms with van der Waals surface area (Å²) in [6.07, 6.45) is 0. The summed E-state index contributed by atoms with van der Waals surface area (Å²) in [6, 6.07) is 0.690. The molecule has 1 N–H and O–H groups in total. The molecule has 1 unspecified atom stereocenters. The van der Waals surface area contributed by atoms with Crippen molar-refractivity contribution in [2.24, 2.45) is 0 Å². The van der Waals surface area contributed by atoms with E-state index in [1.165, 1.54) is 12.4 Å². The van der Waals surface area contributed by atoms with E-state index in [4.69, 9.17) is 0 Å². The lowest BCUT2D eigenvalue weighted by Crippen LogP contribution is -2.28. The molecule has 0 radical (unpaired) electrons. The Hall–Kier alpha value is -0.570. The number of likely N-dealkylation sites (N-methyl/N-ethyl adjacent to an activating group) is 2. The smallest absolute Gasteiger partial charge is 0.243 e. The molecule has 3 nitrogen and oxygen atoms in total. The first-order valence-corrected chi connectivity index (χ1v) is 3.40. The molecule has 1 rings (SSSR count). The number of hydrogen-bond donors (Lipinski definition) is 0. The Morgan fingerprint density at radius 3 is 2.20 bits per heavy atom. The van der Waals surface area contributed by atoms with E-state index in [0.29, 0.717) is 6.04 Å². The third-order valence-corrected chi connectivity index (χ3v) is 2.26. The molecule has 0 spiro atoms. The average molecular weight is 144 g/mol. The average Bonchev–Trinajstić information content (AvgIpc) is 1.98. The van der Waals surface area contributed by atoms with Gasteiger partial charge >= 0.3 is 0 Å². The van der Waals surface area contributed by atoms with Gasteiger partial charge in [-0.15, -0.1) is 0 Å². The molecule has 1 aliphatic rings. The van der Waals surface area contributed by atoms with Crippen LogP contribution in [0.25, 0.3) is 0 Å². The number of amidine groups is 1. The van der Waals surface area contributed by atoms with Crippen molar-refractivity contribution in [1.82, 2.24) is 4.90 Å². The minimum Gasteiger partial charge on any atom is -0.870 e. The monoisotopic (exact) mass is 144 g/mol. The highest BCUT2D eigenvalue weighted by Crippen LogP contribution is 2.04. The van der Waals surface area contributed by atoms with E-state index in [-0.39, 0.29) is 5.48 Å². The first-order valence-electron chi connectivity index (χ1n) is 3.40. The lowest BCUT2D eigenvalue weighted by molar-refractivity contribution is -0.490. The van der Waals surface area contributed by atoms with Crippen LogP contribution in [0.2, 0.25) is 0 Å². The number of hydrogen-bond acceptors (Lipinski definition) is 2. The quantitative estimate of drug-likeness (QED) is 0.455. The largest absolute Gasteiger partial charge is 0.870 e. The van der Waals surface area contributed by atoms with Crippen molar-refractivity contribution in [1.29, 1.82) is 0 Å². The second kappa shape index (κ2) is 3.01. The van der Waals surface area contributed by atoms with Gasteiger partial charge in [0.05, 0.1) is 14.1 Å². The van der Waals surface area contributed by atoms with E-state index < -0.39 is 0 Å². The molecule has 0 aliphatic carbocycles. The van der Waals surface area contributed by atoms with Gasteiger partial charge in [0.2, 0.25) is 5.84 Å². The molecule has 10 heavy (non-hydrogen) atoms. The fourth-order valence-corrected chi connectivity index (χ4v) is 1.24. The maximum atomic E-state index is 2.31. The Kier molecular flexibility index (Phi) is 2.84. The van der Waals surface area contributed by atoms with Gasteiger partial charge in [0.1, 0.15) is 12.6 Å². The molecule has 1 atom stereocenters. The van der Waals surface area contributed by atoms with Crippen molar-refractivity contribution in [2.75, 3.05) is 20.6 Å². The van der Waals surface area contributed by atoms with Gasteiger partial charge in [-0.2, -0.15) is 0 Å². The summed E-state index contributed by atoms with van der Waals surface area (Å²) >= 11 is 0. The molecule has 0 aromatic carbocycles. The van der Waals surface area contributed by atoms with E-state index in [0.717, 1.165) is 0 Å². The summed E-state index contributed by atoms with van der Waals surface area (Å²) in [7, 11) is 4.28. The van der Waals surface area contributed by atoms with Crippen LogP contribution in [0.5, 0.6) is 0 Å². The van der Waals surface area contributed by atoms with E-state index in [2.05, 4.69) is 37.4 Å². The van der Waals surface area contributed by atoms with Crippen molar-refractivity contribution in [3.8, 4) is 0 Å². The van der Waals surface area contributed by atoms with Gasteiger partial charge in [-0.05, 0) is 6.92 Å². The third-order valence-electron chi connectivity index (χ3n) is 2.26. The zero-order valence-electron chi connectivity index (χ0n) is 7.13. The van der Waals surface area contributed by atoms with E-state index in [1.54, 1.807) is 0 Å². The number of rotatable bonds is 0. The summed E-state index contributed by atoms with van der Waals surface area (Å²) in [4.78, 5) is 2.31. The predicted octanol–water partition coefficient (Wildman–Crippen LogP) is 0.204. The highest BCUT2D eigenvalue weighted by molar-refractivity contribution is 5.75. The van der Waals surface area contributed by atoms with Gasteiger partial charge in [-0.3, -0.25) is 9.48 Å². The second-order valence-corrected chi connectivity index (χ2v) is 2.89. The zero-order chi connectivity index (χ0) is 7.02. The molecule has 1 aliphatic heterocycles. The highest BCUT2D eigenvalue weighted by Gasteiger charge is 2.27. The number of nitrogens with zero attached hydrogens (tertiary/aromatic N) is 2. The van der Waals surface area contributed by atoms with Crippen LogP contribution < -0.4 is 0 Å². The van der Waals surface area contributed by atoms with Gasteiger partial charge in [0, 0.05) is 6.92 Å². The topological polar surface area (TPSA) is 36.2 Å². The lowest BCUT2D eigenvalue weighted by atomic mass is 10.3. The Bertz CT molecular complexity index is 154. The SMILES string of the molecule is CC1=[N+](C)CC(C)N1C.[OH-]. The van der Waals surface area contributed by atoms with Crippen LogP contribution in [0.15, 0.2) is 0 Å². The van der Waals surface area contributed by atoms with Crippen molar-refractivity contribution in [3.05, 3.63) is 0 Å². The van der Waals surface area contributed by atoms with Crippen LogP contribution >= 0.6 is 0 Å². The minimum absolute atomic E-state index is 0. The highest BCUT2D eigenvalue weighted by atomic mass is 16.0. The second-order valence-electron chi connectivity index (χ2n) is 2.89. The summed E-state index contributed by atoms with van der Waals surface area (Å²) in [5.74, 6) is 1.38. The molecular formula is C7H16N2O. The molecule has 60 valence electrons. The first-order chi connectivity index (χ1) is 4.13. The fourth-order valence-electron chi connectivity index (χ4n) is 1.24. The molecule has 0 aromatic heterocycles. The normalized spacial score (nSPS) is 25.2. The molecular weight excluding hydrogens is 128 g/mol. The molecule has 3 heteroatoms. The molecule has 0 fully saturated rings. The Morgan fingerprint density at radius 1 is 1.60 bits per heavy atom. The van der Waals surface area contributed by atoms with Gasteiger partial charge in [-0.1, -0.05) is 0 Å². The van der Waals surface area contributed by atoms with E-state index >= 15 is 0 Å². The van der Waals surface area contributed by atoms with Crippen LogP contribution in [-0.2, 0) is 0 Å². The van der Waals surface area contributed by atoms with E-state index in [1.807, 2.05) is 0 Å². The zero-order valence-corrected chi connectivity index (χ0v) is 7.13. The Labute approximate surface area is 62.3 Å². The fraction of sp³-hybridized carbons (Fsp3) is 0.857. The molecule has 1 heterocycles. The lowest BCUT2D eigenvalue weighted by Gasteiger charge is -2.07. The molecule has 0 bridgehead atoms. The van der Waals surface area contributed by atoms with Gasteiger partial charge in [-0.25, -0.2) is 0 Å². The van der Waals surface area contributed by atoms with Crippen molar-refractivity contribution >= 4 is 5.84 Å². The van der Waals surface area contributed by atoms with Crippen molar-refractivity contribution in [2.45, 2.75) is 19.9 Å². The summed E-state index contributed by atoms with van der Waals surface area (Å²) in [6.45, 7) is 5.57. The standard InChI is InChI=1S/C7H15N2.H2O/c1-6-5-8(3)7(2)9(6)4;/h6H,5H2,1-4H3;1H2/q+1;/p-1. The third kappa shape index (κ3) is 1.29. The van der Waals surface area contributed by atoms with Crippen LogP contribution in [0.3, 0.4) is 0 Å². The molecule has 0 amide bonds. The maximum Gasteiger partial charge on any atom is 0.243 e. The molecule has 0 saturated heterocycles. The van der Waals surface area contributed by atoms with Gasteiger partial charge in [0.25, 0.3) is 0 Å². The summed E-state index contributed by atoms with van der Waals surface area (Å²) in [5, 5.41) is 0. The van der Waals surface area contributed by atoms with Gasteiger partial charge in [0.15, 0.2) is 0 Å². The first kappa shape index (κ1) is 9.43. The summed E-state index contributed by atoms with van der Waals surface area (Å²) in [5.41, 5.74) is 0. The van der Waals surface area contributed by atoms with Crippen molar-refractivity contribution < 1.29 is 10.1 Å². The van der Waals surface area contributed by atoms with Gasteiger partial charge < -0.3 is 5.48 Å². The van der Waals surface area contributed by atoms with Crippen LogP contribution in [0.4, 0.5) is 0 Å². The van der Waals surface area contributed by atoms with Crippen molar-refractivity contribution in [3.63, 3.8) is 0 Å². The predicted molar refractivity (Wildman–Crippen MR) is 40.9 cm³/mol. The molecule has 0 aromatic rings. The minimum atomic E-state index is 0. The Morgan fingerprint density at radius 2 is 2.10 bits per heavy atom.